The number of primary amides is 2. The Morgan fingerprint density at radius 2 is 1.09 bits per heavy atom. The number of aliphatic hydroxyl groups is 1. The summed E-state index contributed by atoms with van der Waals surface area (Å²) < 4.78 is 65.5. The van der Waals surface area contributed by atoms with Crippen molar-refractivity contribution in [2.45, 2.75) is 189 Å². The lowest BCUT2D eigenvalue weighted by Gasteiger charge is -2.38. The van der Waals surface area contributed by atoms with Crippen molar-refractivity contribution in [3.63, 3.8) is 0 Å². The van der Waals surface area contributed by atoms with Gasteiger partial charge in [-0.3, -0.25) is 86.3 Å². The third-order valence-electron chi connectivity index (χ3n) is 23.3. The van der Waals surface area contributed by atoms with E-state index in [-0.39, 0.29) is 42.7 Å². The number of aromatic amines is 1. The number of carboxylic acids is 2. The van der Waals surface area contributed by atoms with Crippen molar-refractivity contribution < 1.29 is 129 Å². The third kappa shape index (κ3) is 29.2. The first-order chi connectivity index (χ1) is 64.5. The van der Waals surface area contributed by atoms with Crippen molar-refractivity contribution in [1.82, 2.24) is 77.3 Å². The minimum Gasteiger partial charge on any atom is -0.508 e. The van der Waals surface area contributed by atoms with Gasteiger partial charge in [-0.05, 0) is 89.0 Å². The van der Waals surface area contributed by atoms with E-state index in [1.54, 1.807) is 61.5 Å². The number of aliphatic hydroxyl groups excluding tert-OH is 1. The zero-order chi connectivity index (χ0) is 99.6. The Labute approximate surface area is 781 Å². The predicted octanol–water partition coefficient (Wildman–Crippen LogP) is -1.10. The lowest BCUT2D eigenvalue weighted by atomic mass is 9.98. The molecule has 3 aliphatic rings. The molecule has 0 aliphatic carbocycles. The number of aliphatic carboxylic acids is 2. The van der Waals surface area contributed by atoms with E-state index in [1.165, 1.54) is 56.4 Å². The standard InChI is InChI=1S/C91H111F4N17O23S/c1-7-8-18-67-90(133)112-43-55(114)38-69(112)85(128)105-64(40-76(120)121)83(126)107-78(47(2)3)91(134)109(5)68(35-48-14-10-9-11-15-48)84(127)101-60(27-28-75(118)119)88(131)111-29-30-135-44-71(111)86(129)104-62(37-52-41-98-59-17-13-12-16-56(52)59)81(124)102-61(33-49-21-25-54(113)26-22-49)80(123)103-63(39-72(96)115)82(125)106-66(79(122)99-42-73(97)116)45-136-46-74(117)100-65(34-51-31-57(93)77(95)58(94)32-51)87(130)110(6)70(89(132)108(67)4)36-50-19-23-53(92)24-20-50/h9-17,19-26,31-32,41,47,55,60-71,78,98,113-114H,7-8,18,27-30,33-40,42-46H2,1-6H3,(H2,96,115)(H2,97,116)(H,99,122)(H,100,117)(H,101,127)(H,102,124)(H,103,123)(H,104,129)(H,105,128)(H,106,125)(H,107,126)(H,118,119)(H,120,121)/t55-,60+,61+,62-,63+,64+,65+,66+,67+,68+,69-,70+,71-,78-/m1/s1. The van der Waals surface area contributed by atoms with E-state index in [0.29, 0.717) is 52.3 Å². The van der Waals surface area contributed by atoms with Crippen LogP contribution in [-0.4, -0.2) is 307 Å². The number of thioether (sulfide) groups is 1. The second-order valence-electron chi connectivity index (χ2n) is 33.7. The Kier molecular flexibility index (Phi) is 38.2. The summed E-state index contributed by atoms with van der Waals surface area (Å²) in [6.07, 6.45) is -6.72. The number of phenols is 1. The first kappa shape index (κ1) is 106. The molecular formula is C91H111F4N17O23S. The number of hydrogen-bond donors (Lipinski definition) is 16. The van der Waals surface area contributed by atoms with Crippen LogP contribution in [0, 0.1) is 29.2 Å². The smallest absolute Gasteiger partial charge is 0.305 e. The molecule has 3 saturated heterocycles. The minimum atomic E-state index is -2.10. The molecule has 40 nitrogen and oxygen atoms in total. The molecule has 16 amide bonds. The number of rotatable bonds is 24. The molecule has 6 aromatic rings. The molecule has 18 N–H and O–H groups in total. The van der Waals surface area contributed by atoms with E-state index in [2.05, 4.69) is 52.8 Å². The molecule has 9 rings (SSSR count). The normalized spacial score (nSPS) is 23.9. The molecule has 5 aromatic carbocycles. The van der Waals surface area contributed by atoms with Crippen LogP contribution >= 0.6 is 11.8 Å². The van der Waals surface area contributed by atoms with Gasteiger partial charge >= 0.3 is 11.9 Å². The van der Waals surface area contributed by atoms with Gasteiger partial charge in [0, 0.05) is 102 Å². The number of carbonyl (C=O) groups excluding carboxylic acids is 16. The van der Waals surface area contributed by atoms with Crippen molar-refractivity contribution >= 4 is 129 Å². The van der Waals surface area contributed by atoms with Crippen LogP contribution in [-0.2, 0) is 123 Å². The van der Waals surface area contributed by atoms with Gasteiger partial charge in [0.15, 0.2) is 17.5 Å². The molecule has 0 spiro atoms. The number of carboxylic acid groups (broad SMARTS) is 2. The number of morpholine rings is 1. The van der Waals surface area contributed by atoms with Crippen LogP contribution in [0.5, 0.6) is 5.75 Å². The van der Waals surface area contributed by atoms with Gasteiger partial charge in [0.05, 0.1) is 44.5 Å². The Morgan fingerprint density at radius 1 is 0.537 bits per heavy atom. The second-order valence-corrected chi connectivity index (χ2v) is 34.7. The Bertz CT molecular complexity index is 5370. The van der Waals surface area contributed by atoms with Crippen LogP contribution < -0.4 is 59.3 Å². The van der Waals surface area contributed by atoms with E-state index in [4.69, 9.17) is 16.2 Å². The molecule has 4 heterocycles. The monoisotopic (exact) mass is 1920 g/mol. The number of aromatic hydroxyl groups is 1. The topological polar surface area (TPSA) is 590 Å². The first-order valence-corrected chi connectivity index (χ1v) is 44.9. The SMILES string of the molecule is CCCC[C@H]1C(=O)N2C[C@H](O)C[C@@H]2C(=O)N[C@@H](CC(=O)O)C(=O)N[C@H](C(C)C)C(=O)N(C)[C@@H](Cc2ccccc2)C(=O)N[C@@H](CCC(=O)O)C(=O)N2CCOC[C@@H]2C(=O)N[C@H](Cc2c[nH]c3ccccc23)C(=O)N[C@@H](Cc2ccc(O)cc2)C(=O)N[C@@H](CC(N)=O)C(=O)N[C@H](C(=O)NCC(N)=O)CSCC(=O)N[C@@H](Cc2cc(F)c(F)c(F)c2)C(=O)N(C)[C@@H](Cc2ccc(F)cc2)C(=O)N1C. The molecule has 0 unspecified atom stereocenters. The molecule has 0 saturated carbocycles. The third-order valence-corrected chi connectivity index (χ3v) is 24.4. The maximum Gasteiger partial charge on any atom is 0.305 e. The van der Waals surface area contributed by atoms with Crippen molar-refractivity contribution in [2.75, 3.05) is 65.5 Å². The van der Waals surface area contributed by atoms with Crippen LogP contribution in [0.25, 0.3) is 10.9 Å². The van der Waals surface area contributed by atoms with Gasteiger partial charge in [-0.2, -0.15) is 0 Å². The fourth-order valence-corrected chi connectivity index (χ4v) is 16.8. The number of amides is 16. The highest BCUT2D eigenvalue weighted by molar-refractivity contribution is 8.00. The van der Waals surface area contributed by atoms with Gasteiger partial charge < -0.3 is 114 Å². The predicted molar refractivity (Wildman–Crippen MR) is 478 cm³/mol. The maximum absolute atomic E-state index is 15.7. The Morgan fingerprint density at radius 3 is 1.73 bits per heavy atom. The van der Waals surface area contributed by atoms with Crippen LogP contribution in [0.2, 0.25) is 0 Å². The quantitative estimate of drug-likeness (QED) is 0.0253. The zero-order valence-electron chi connectivity index (χ0n) is 75.2. The number of fused-ring (bicyclic) bond motifs is 3. The molecule has 0 bridgehead atoms. The summed E-state index contributed by atoms with van der Waals surface area (Å²) in [5, 5.41) is 64.8. The summed E-state index contributed by atoms with van der Waals surface area (Å²) in [4.78, 5) is 270. The molecule has 732 valence electrons. The fourth-order valence-electron chi connectivity index (χ4n) is 16.0. The molecular weight excluding hydrogens is 1810 g/mol. The van der Waals surface area contributed by atoms with Crippen molar-refractivity contribution in [3.8, 4) is 5.75 Å². The average molecular weight is 1920 g/mol. The number of H-pyrrole nitrogens is 1. The molecule has 3 aliphatic heterocycles. The van der Waals surface area contributed by atoms with E-state index < -0.39 is 321 Å². The van der Waals surface area contributed by atoms with E-state index in [0.717, 1.165) is 57.8 Å². The summed E-state index contributed by atoms with van der Waals surface area (Å²) in [5.74, 6) is -30.7. The molecule has 136 heavy (non-hydrogen) atoms. The number of aromatic nitrogens is 1. The lowest BCUT2D eigenvalue weighted by Crippen LogP contribution is -2.64. The van der Waals surface area contributed by atoms with Gasteiger partial charge in [0.2, 0.25) is 94.5 Å². The molecule has 45 heteroatoms. The van der Waals surface area contributed by atoms with Crippen molar-refractivity contribution in [3.05, 3.63) is 173 Å². The number of phenolic OH excluding ortho intramolecular Hbond substituents is 1. The highest BCUT2D eigenvalue weighted by Gasteiger charge is 2.48. The first-order valence-electron chi connectivity index (χ1n) is 43.7. The number of unbranched alkanes of at least 4 members (excludes halogenated alkanes) is 1. The van der Waals surface area contributed by atoms with Gasteiger partial charge in [-0.1, -0.05) is 106 Å². The molecule has 1 aromatic heterocycles. The van der Waals surface area contributed by atoms with Crippen molar-refractivity contribution in [1.29, 1.82) is 0 Å². The number of nitrogens with two attached hydrogens (primary N) is 2. The number of halogens is 4. The van der Waals surface area contributed by atoms with E-state index in [9.17, 15) is 72.4 Å². The van der Waals surface area contributed by atoms with Crippen LogP contribution in [0.3, 0.4) is 0 Å². The Balaban J connectivity index is 1.15. The summed E-state index contributed by atoms with van der Waals surface area (Å²) in [6.45, 7) is 1.84. The Hall–Kier alpha value is -14.1. The fraction of sp³-hybridized carbons (Fsp3) is 0.451. The summed E-state index contributed by atoms with van der Waals surface area (Å²) in [5.41, 5.74) is 12.3. The molecule has 0 radical (unpaired) electrons. The van der Waals surface area contributed by atoms with Gasteiger partial charge in [-0.15, -0.1) is 11.8 Å². The lowest BCUT2D eigenvalue weighted by molar-refractivity contribution is -0.152. The number of nitrogens with one attached hydrogen (secondary N) is 10. The van der Waals surface area contributed by atoms with Crippen LogP contribution in [0.15, 0.2) is 121 Å². The highest BCUT2D eigenvalue weighted by Crippen LogP contribution is 2.28. The largest absolute Gasteiger partial charge is 0.508 e. The van der Waals surface area contributed by atoms with E-state index in [1.807, 2.05) is 0 Å². The number of nitrogens with zero attached hydrogens (tertiary/aromatic N) is 5. The second kappa shape index (κ2) is 49.2. The summed E-state index contributed by atoms with van der Waals surface area (Å²) >= 11 is 0.525. The van der Waals surface area contributed by atoms with Gasteiger partial charge in [-0.25, -0.2) is 17.6 Å². The number of ether oxygens (including phenoxy) is 1. The molecule has 14 atom stereocenters. The number of para-hydroxylation sites is 1. The number of hydrogen-bond acceptors (Lipinski definition) is 22. The summed E-state index contributed by atoms with van der Waals surface area (Å²) in [7, 11) is 3.37. The van der Waals surface area contributed by atoms with Crippen LogP contribution in [0.4, 0.5) is 17.6 Å². The minimum absolute atomic E-state index is 0.156. The number of benzene rings is 5. The highest BCUT2D eigenvalue weighted by atomic mass is 32.2. The zero-order valence-corrected chi connectivity index (χ0v) is 76.0. The maximum atomic E-state index is 15.7. The van der Waals surface area contributed by atoms with Crippen molar-refractivity contribution in [2.24, 2.45) is 17.4 Å². The average Bonchev–Trinajstić information content (AvgIpc) is 1.58. The van der Waals surface area contributed by atoms with Gasteiger partial charge in [0.25, 0.3) is 0 Å². The van der Waals surface area contributed by atoms with Crippen LogP contribution in [0.1, 0.15) is 100.0 Å². The number of likely N-dealkylation sites (N-methyl/N-ethyl adjacent to an activating group) is 3. The number of carbonyl (C=O) groups is 18. The molecule has 3 fully saturated rings. The van der Waals surface area contributed by atoms with E-state index >= 15 is 51.9 Å². The summed E-state index contributed by atoms with van der Waals surface area (Å²) in [6, 6.07) is 1.43. The van der Waals surface area contributed by atoms with Gasteiger partial charge in [0.1, 0.15) is 90.1 Å².